The summed E-state index contributed by atoms with van der Waals surface area (Å²) in [5.74, 6) is 0.565. The molecule has 2 fully saturated rings. The van der Waals surface area contributed by atoms with Crippen LogP contribution < -0.4 is 4.90 Å². The zero-order valence-electron chi connectivity index (χ0n) is 19.1. The van der Waals surface area contributed by atoms with E-state index < -0.39 is 11.7 Å². The van der Waals surface area contributed by atoms with Gasteiger partial charge in [-0.1, -0.05) is 12.1 Å². The second-order valence-electron chi connectivity index (χ2n) is 9.06. The Bertz CT molecular complexity index is 1210. The number of imidazole rings is 1. The number of aromatic nitrogens is 2. The zero-order valence-corrected chi connectivity index (χ0v) is 19.1. The Balaban J connectivity index is 1.26. The van der Waals surface area contributed by atoms with Crippen LogP contribution in [0.5, 0.6) is 0 Å². The maximum Gasteiger partial charge on any atom is 0.415 e. The highest BCUT2D eigenvalue weighted by Gasteiger charge is 2.46. The van der Waals surface area contributed by atoms with Crippen molar-refractivity contribution in [2.45, 2.75) is 38.3 Å². The van der Waals surface area contributed by atoms with Crippen LogP contribution in [-0.2, 0) is 11.3 Å². The monoisotopic (exact) mass is 462 g/mol. The standard InChI is InChI=1S/C26H27FN4O3/c1-19-28-12-15-30(19)17-20-4-2-5-21(16-20)24(32)29-13-3-10-26(11-14-29)18-31(25(33)34-26)23-8-6-22(27)7-9-23/h2,4-9,12,15-16H,3,10-11,13-14,17-18H2,1H3/t26-/m1/s1. The minimum atomic E-state index is -0.638. The summed E-state index contributed by atoms with van der Waals surface area (Å²) in [6, 6.07) is 13.5. The van der Waals surface area contributed by atoms with Gasteiger partial charge < -0.3 is 14.2 Å². The van der Waals surface area contributed by atoms with Crippen molar-refractivity contribution < 1.29 is 18.7 Å². The molecule has 8 heteroatoms. The van der Waals surface area contributed by atoms with Crippen LogP contribution in [0.25, 0.3) is 0 Å². The van der Waals surface area contributed by atoms with Gasteiger partial charge in [-0.25, -0.2) is 14.2 Å². The number of nitrogens with zero attached hydrogens (tertiary/aromatic N) is 4. The number of hydrogen-bond donors (Lipinski definition) is 0. The van der Waals surface area contributed by atoms with E-state index in [9.17, 15) is 14.0 Å². The molecule has 2 aliphatic heterocycles. The highest BCUT2D eigenvalue weighted by molar-refractivity contribution is 5.94. The Labute approximate surface area is 197 Å². The molecule has 1 atom stereocenters. The van der Waals surface area contributed by atoms with Gasteiger partial charge in [-0.05, 0) is 61.7 Å². The number of halogens is 1. The van der Waals surface area contributed by atoms with Crippen molar-refractivity contribution in [3.8, 4) is 0 Å². The van der Waals surface area contributed by atoms with Crippen molar-refractivity contribution in [3.05, 3.63) is 83.7 Å². The zero-order chi connectivity index (χ0) is 23.7. The highest BCUT2D eigenvalue weighted by atomic mass is 19.1. The summed E-state index contributed by atoms with van der Waals surface area (Å²) < 4.78 is 21.2. The Kier molecular flexibility index (Phi) is 5.81. The van der Waals surface area contributed by atoms with Crippen LogP contribution in [0.3, 0.4) is 0 Å². The average molecular weight is 463 g/mol. The Morgan fingerprint density at radius 3 is 2.74 bits per heavy atom. The fourth-order valence-corrected chi connectivity index (χ4v) is 4.83. The highest BCUT2D eigenvalue weighted by Crippen LogP contribution is 2.36. The van der Waals surface area contributed by atoms with Crippen LogP contribution in [0.4, 0.5) is 14.9 Å². The van der Waals surface area contributed by atoms with E-state index in [1.165, 1.54) is 12.1 Å². The SMILES string of the molecule is Cc1nccn1Cc1cccc(C(=O)N2CCC[C@@]3(CC2)CN(c2ccc(F)cc2)C(=O)O3)c1. The molecule has 2 aliphatic rings. The summed E-state index contributed by atoms with van der Waals surface area (Å²) in [5, 5.41) is 0. The normalized spacial score (nSPS) is 20.5. The minimum Gasteiger partial charge on any atom is -0.441 e. The number of ether oxygens (including phenoxy) is 1. The third-order valence-electron chi connectivity index (χ3n) is 6.74. The van der Waals surface area contributed by atoms with Crippen molar-refractivity contribution >= 4 is 17.7 Å². The molecular formula is C26H27FN4O3. The first-order valence-electron chi connectivity index (χ1n) is 11.5. The van der Waals surface area contributed by atoms with Crippen molar-refractivity contribution in [3.63, 3.8) is 0 Å². The molecule has 0 saturated carbocycles. The summed E-state index contributed by atoms with van der Waals surface area (Å²) in [5.41, 5.74) is 1.67. The maximum absolute atomic E-state index is 13.3. The van der Waals surface area contributed by atoms with Gasteiger partial charge in [0.15, 0.2) is 0 Å². The molecular weight excluding hydrogens is 435 g/mol. The number of hydrogen-bond acceptors (Lipinski definition) is 4. The van der Waals surface area contributed by atoms with Crippen LogP contribution in [0.15, 0.2) is 60.9 Å². The number of carbonyl (C=O) groups excluding carboxylic acids is 2. The van der Waals surface area contributed by atoms with Crippen molar-refractivity contribution in [1.82, 2.24) is 14.5 Å². The second kappa shape index (κ2) is 8.93. The lowest BCUT2D eigenvalue weighted by molar-refractivity contribution is 0.0438. The van der Waals surface area contributed by atoms with Gasteiger partial charge in [0.05, 0.1) is 6.54 Å². The van der Waals surface area contributed by atoms with Crippen LogP contribution in [0, 0.1) is 12.7 Å². The minimum absolute atomic E-state index is 0.0130. The molecule has 0 unspecified atom stereocenters. The molecule has 3 aromatic rings. The number of rotatable bonds is 4. The van der Waals surface area contributed by atoms with Gasteiger partial charge in [0.1, 0.15) is 17.2 Å². The molecule has 2 saturated heterocycles. The molecule has 7 nitrogen and oxygen atoms in total. The fraction of sp³-hybridized carbons (Fsp3) is 0.346. The van der Waals surface area contributed by atoms with Gasteiger partial charge in [-0.3, -0.25) is 9.69 Å². The van der Waals surface area contributed by atoms with Gasteiger partial charge in [0, 0.05) is 49.7 Å². The van der Waals surface area contributed by atoms with E-state index >= 15 is 0 Å². The number of amides is 2. The lowest BCUT2D eigenvalue weighted by Crippen LogP contribution is -2.37. The molecule has 3 heterocycles. The molecule has 2 amide bonds. The first-order valence-corrected chi connectivity index (χ1v) is 11.5. The summed E-state index contributed by atoms with van der Waals surface area (Å²) in [6.07, 6.45) is 5.26. The quantitative estimate of drug-likeness (QED) is 0.576. The lowest BCUT2D eigenvalue weighted by atomic mass is 9.95. The van der Waals surface area contributed by atoms with Crippen molar-refractivity contribution in [2.75, 3.05) is 24.5 Å². The Hall–Kier alpha value is -3.68. The first-order chi connectivity index (χ1) is 16.4. The summed E-state index contributed by atoms with van der Waals surface area (Å²) in [4.78, 5) is 33.6. The predicted molar refractivity (Wildman–Crippen MR) is 125 cm³/mol. The third-order valence-corrected chi connectivity index (χ3v) is 6.74. The van der Waals surface area contributed by atoms with Crippen LogP contribution in [0.1, 0.15) is 41.0 Å². The molecule has 0 aliphatic carbocycles. The number of aryl methyl sites for hydroxylation is 1. The predicted octanol–water partition coefficient (Wildman–Crippen LogP) is 4.40. The van der Waals surface area contributed by atoms with Crippen molar-refractivity contribution in [2.24, 2.45) is 0 Å². The molecule has 1 aromatic heterocycles. The third kappa shape index (κ3) is 4.40. The van der Waals surface area contributed by atoms with E-state index in [1.54, 1.807) is 23.2 Å². The van der Waals surface area contributed by atoms with Gasteiger partial charge in [-0.2, -0.15) is 0 Å². The molecule has 0 bridgehead atoms. The first kappa shape index (κ1) is 22.1. The van der Waals surface area contributed by atoms with Gasteiger partial charge >= 0.3 is 6.09 Å². The van der Waals surface area contributed by atoms with Gasteiger partial charge in [0.2, 0.25) is 0 Å². The van der Waals surface area contributed by atoms with Gasteiger partial charge in [-0.15, -0.1) is 0 Å². The number of benzene rings is 2. The molecule has 1 spiro atoms. The largest absolute Gasteiger partial charge is 0.441 e. The summed E-state index contributed by atoms with van der Waals surface area (Å²) in [6.45, 7) is 4.13. The number of carbonyl (C=O) groups is 2. The van der Waals surface area contributed by atoms with E-state index in [-0.39, 0.29) is 11.7 Å². The molecule has 0 N–H and O–H groups in total. The Morgan fingerprint density at radius 2 is 1.97 bits per heavy atom. The Morgan fingerprint density at radius 1 is 1.15 bits per heavy atom. The topological polar surface area (TPSA) is 67.7 Å². The number of likely N-dealkylation sites (tertiary alicyclic amines) is 1. The molecule has 176 valence electrons. The summed E-state index contributed by atoms with van der Waals surface area (Å²) in [7, 11) is 0. The van der Waals surface area contributed by atoms with E-state index in [0.29, 0.717) is 50.3 Å². The maximum atomic E-state index is 13.3. The fourth-order valence-electron chi connectivity index (χ4n) is 4.83. The molecule has 2 aromatic carbocycles. The van der Waals surface area contributed by atoms with Crippen LogP contribution in [0.2, 0.25) is 0 Å². The van der Waals surface area contributed by atoms with Crippen LogP contribution in [-0.4, -0.2) is 51.7 Å². The van der Waals surface area contributed by atoms with E-state index in [2.05, 4.69) is 4.98 Å². The lowest BCUT2D eigenvalue weighted by Gasteiger charge is -2.25. The average Bonchev–Trinajstić information content (AvgIpc) is 3.31. The van der Waals surface area contributed by atoms with E-state index in [1.807, 2.05) is 46.9 Å². The van der Waals surface area contributed by atoms with E-state index in [4.69, 9.17) is 4.74 Å². The van der Waals surface area contributed by atoms with Crippen LogP contribution >= 0.6 is 0 Å². The summed E-state index contributed by atoms with van der Waals surface area (Å²) >= 11 is 0. The molecule has 5 rings (SSSR count). The second-order valence-corrected chi connectivity index (χ2v) is 9.06. The van der Waals surface area contributed by atoms with E-state index in [0.717, 1.165) is 17.8 Å². The molecule has 0 radical (unpaired) electrons. The smallest absolute Gasteiger partial charge is 0.415 e. The van der Waals surface area contributed by atoms with Gasteiger partial charge in [0.25, 0.3) is 5.91 Å². The van der Waals surface area contributed by atoms with Crippen molar-refractivity contribution in [1.29, 1.82) is 0 Å². The molecule has 34 heavy (non-hydrogen) atoms. The number of anilines is 1.